The number of nitro groups is 1. The zero-order valence-corrected chi connectivity index (χ0v) is 13.3. The molecule has 1 unspecified atom stereocenters. The van der Waals surface area contributed by atoms with Gasteiger partial charge in [-0.15, -0.1) is 0 Å². The Hall–Kier alpha value is -3.26. The van der Waals surface area contributed by atoms with Gasteiger partial charge in [0.1, 0.15) is 5.69 Å². The molecule has 2 aromatic rings. The molecular formula is C17H16N2O6. The number of anilines is 1. The number of carbonyl (C=O) groups excluding carboxylic acids is 2. The molecule has 0 bridgehead atoms. The largest absolute Gasteiger partial charge is 0.449 e. The van der Waals surface area contributed by atoms with E-state index in [1.54, 1.807) is 18.2 Å². The van der Waals surface area contributed by atoms with Gasteiger partial charge in [0.05, 0.1) is 17.1 Å². The van der Waals surface area contributed by atoms with Crippen LogP contribution in [-0.4, -0.2) is 28.0 Å². The monoisotopic (exact) mass is 344 g/mol. The third-order valence-electron chi connectivity index (χ3n) is 3.38. The molecule has 0 radical (unpaired) electrons. The highest BCUT2D eigenvalue weighted by Crippen LogP contribution is 2.23. The van der Waals surface area contributed by atoms with Crippen molar-refractivity contribution in [3.05, 3.63) is 69.8 Å². The van der Waals surface area contributed by atoms with E-state index in [9.17, 15) is 19.7 Å². The molecule has 2 aromatic carbocycles. The average Bonchev–Trinajstić information content (AvgIpc) is 2.61. The van der Waals surface area contributed by atoms with Crippen LogP contribution in [0.5, 0.6) is 0 Å². The van der Waals surface area contributed by atoms with Crippen LogP contribution in [0.1, 0.15) is 22.8 Å². The van der Waals surface area contributed by atoms with Crippen LogP contribution in [0.4, 0.5) is 11.4 Å². The second-order valence-corrected chi connectivity index (χ2v) is 5.17. The van der Waals surface area contributed by atoms with Crippen LogP contribution in [-0.2, 0) is 16.1 Å². The number of nitrogens with one attached hydrogen (secondary N) is 1. The number of ether oxygens (including phenoxy) is 1. The van der Waals surface area contributed by atoms with Gasteiger partial charge in [-0.25, -0.2) is 4.79 Å². The molecule has 0 heterocycles. The predicted molar refractivity (Wildman–Crippen MR) is 89.0 cm³/mol. The molecule has 8 heteroatoms. The number of aliphatic hydroxyl groups is 1. The molecule has 0 spiro atoms. The zero-order chi connectivity index (χ0) is 18.4. The molecule has 0 aliphatic heterocycles. The van der Waals surface area contributed by atoms with E-state index in [1.165, 1.54) is 37.3 Å². The first kappa shape index (κ1) is 18.1. The van der Waals surface area contributed by atoms with E-state index in [0.717, 1.165) is 0 Å². The van der Waals surface area contributed by atoms with Crippen LogP contribution in [0.25, 0.3) is 0 Å². The van der Waals surface area contributed by atoms with Gasteiger partial charge in [0.15, 0.2) is 6.10 Å². The highest BCUT2D eigenvalue weighted by Gasteiger charge is 2.22. The van der Waals surface area contributed by atoms with E-state index in [2.05, 4.69) is 5.32 Å². The Bertz CT molecular complexity index is 788. The molecular weight excluding hydrogens is 328 g/mol. The first-order valence-electron chi connectivity index (χ1n) is 7.37. The Labute approximate surface area is 143 Å². The quantitative estimate of drug-likeness (QED) is 0.471. The maximum atomic E-state index is 12.1. The van der Waals surface area contributed by atoms with Crippen molar-refractivity contribution in [2.75, 3.05) is 5.32 Å². The maximum absolute atomic E-state index is 12.1. The molecule has 0 aliphatic carbocycles. The van der Waals surface area contributed by atoms with E-state index < -0.39 is 22.9 Å². The van der Waals surface area contributed by atoms with Crippen LogP contribution in [0, 0.1) is 10.1 Å². The second-order valence-electron chi connectivity index (χ2n) is 5.17. The molecule has 0 saturated heterocycles. The summed E-state index contributed by atoms with van der Waals surface area (Å²) in [4.78, 5) is 34.4. The van der Waals surface area contributed by atoms with Crippen LogP contribution < -0.4 is 5.32 Å². The fraction of sp³-hybridized carbons (Fsp3) is 0.176. The van der Waals surface area contributed by atoms with Crippen molar-refractivity contribution >= 4 is 23.3 Å². The van der Waals surface area contributed by atoms with Crippen LogP contribution in [0.15, 0.2) is 48.5 Å². The smallest absolute Gasteiger partial charge is 0.338 e. The normalized spacial score (nSPS) is 11.4. The Balaban J connectivity index is 2.02. The number of esters is 1. The van der Waals surface area contributed by atoms with Gasteiger partial charge in [-0.3, -0.25) is 14.9 Å². The number of para-hydroxylation sites is 2. The minimum atomic E-state index is -1.15. The van der Waals surface area contributed by atoms with Crippen molar-refractivity contribution in [2.45, 2.75) is 19.6 Å². The molecule has 0 fully saturated rings. The first-order chi connectivity index (χ1) is 11.9. The highest BCUT2D eigenvalue weighted by molar-refractivity contribution is 5.98. The van der Waals surface area contributed by atoms with Gasteiger partial charge in [0.25, 0.3) is 11.6 Å². The number of amides is 1. The topological polar surface area (TPSA) is 119 Å². The van der Waals surface area contributed by atoms with Crippen molar-refractivity contribution in [2.24, 2.45) is 0 Å². The fourth-order valence-electron chi connectivity index (χ4n) is 2.00. The molecule has 0 aromatic heterocycles. The number of rotatable bonds is 6. The third kappa shape index (κ3) is 4.61. The predicted octanol–water partition coefficient (Wildman–Crippen LogP) is 2.27. The number of hydrogen-bond donors (Lipinski definition) is 2. The first-order valence-corrected chi connectivity index (χ1v) is 7.37. The molecule has 0 aliphatic rings. The lowest BCUT2D eigenvalue weighted by Gasteiger charge is -2.13. The van der Waals surface area contributed by atoms with E-state index in [0.29, 0.717) is 5.56 Å². The Morgan fingerprint density at radius 1 is 1.20 bits per heavy atom. The summed E-state index contributed by atoms with van der Waals surface area (Å²) in [5.41, 5.74) is 0.628. The number of benzene rings is 2. The molecule has 1 amide bonds. The zero-order valence-electron chi connectivity index (χ0n) is 13.3. The SMILES string of the molecule is CC(OC(=O)c1ccc(CO)cc1)C(=O)Nc1ccccc1[N+](=O)[O-]. The van der Waals surface area contributed by atoms with Crippen molar-refractivity contribution < 1.29 is 24.4 Å². The molecule has 0 saturated carbocycles. The van der Waals surface area contributed by atoms with E-state index in [4.69, 9.17) is 9.84 Å². The van der Waals surface area contributed by atoms with Gasteiger partial charge in [-0.2, -0.15) is 0 Å². The minimum Gasteiger partial charge on any atom is -0.449 e. The second kappa shape index (κ2) is 8.02. The summed E-state index contributed by atoms with van der Waals surface area (Å²) in [6.45, 7) is 1.22. The van der Waals surface area contributed by atoms with Gasteiger partial charge in [-0.1, -0.05) is 24.3 Å². The summed E-state index contributed by atoms with van der Waals surface area (Å²) < 4.78 is 5.06. The lowest BCUT2D eigenvalue weighted by Crippen LogP contribution is -2.30. The summed E-state index contributed by atoms with van der Waals surface area (Å²) in [5, 5.41) is 22.3. The minimum absolute atomic E-state index is 0.0210. The van der Waals surface area contributed by atoms with Crippen molar-refractivity contribution in [3.63, 3.8) is 0 Å². The number of carbonyl (C=O) groups is 2. The number of aliphatic hydroxyl groups excluding tert-OH is 1. The van der Waals surface area contributed by atoms with E-state index in [1.807, 2.05) is 0 Å². The van der Waals surface area contributed by atoms with E-state index in [-0.39, 0.29) is 23.5 Å². The van der Waals surface area contributed by atoms with Gasteiger partial charge < -0.3 is 15.2 Å². The van der Waals surface area contributed by atoms with Gasteiger partial charge in [-0.05, 0) is 30.7 Å². The standard InChI is InChI=1S/C17H16N2O6/c1-11(25-17(22)13-8-6-12(10-20)7-9-13)16(21)18-14-4-2-3-5-15(14)19(23)24/h2-9,11,20H,10H2,1H3,(H,18,21). The molecule has 25 heavy (non-hydrogen) atoms. The lowest BCUT2D eigenvalue weighted by molar-refractivity contribution is -0.383. The third-order valence-corrected chi connectivity index (χ3v) is 3.38. The number of nitro benzene ring substituents is 1. The molecule has 2 rings (SSSR count). The van der Waals surface area contributed by atoms with Crippen LogP contribution >= 0.6 is 0 Å². The molecule has 2 N–H and O–H groups in total. The lowest BCUT2D eigenvalue weighted by atomic mass is 10.1. The maximum Gasteiger partial charge on any atom is 0.338 e. The number of nitrogens with zero attached hydrogens (tertiary/aromatic N) is 1. The van der Waals surface area contributed by atoms with Gasteiger partial charge >= 0.3 is 5.97 Å². The summed E-state index contributed by atoms with van der Waals surface area (Å²) in [6, 6.07) is 11.7. The van der Waals surface area contributed by atoms with E-state index >= 15 is 0 Å². The van der Waals surface area contributed by atoms with Crippen molar-refractivity contribution in [1.82, 2.24) is 0 Å². The molecule has 1 atom stereocenters. The molecule has 8 nitrogen and oxygen atoms in total. The summed E-state index contributed by atoms with van der Waals surface area (Å²) in [7, 11) is 0. The summed E-state index contributed by atoms with van der Waals surface area (Å²) >= 11 is 0. The Morgan fingerprint density at radius 3 is 2.44 bits per heavy atom. The summed E-state index contributed by atoms with van der Waals surface area (Å²) in [6.07, 6.45) is -1.15. The van der Waals surface area contributed by atoms with Crippen LogP contribution in [0.2, 0.25) is 0 Å². The van der Waals surface area contributed by atoms with Gasteiger partial charge in [0.2, 0.25) is 0 Å². The average molecular weight is 344 g/mol. The number of hydrogen-bond acceptors (Lipinski definition) is 6. The van der Waals surface area contributed by atoms with Crippen molar-refractivity contribution in [3.8, 4) is 0 Å². The summed E-state index contributed by atoms with van der Waals surface area (Å²) in [5.74, 6) is -1.40. The Kier molecular flexibility index (Phi) is 5.80. The van der Waals surface area contributed by atoms with Crippen LogP contribution in [0.3, 0.4) is 0 Å². The molecule has 130 valence electrons. The highest BCUT2D eigenvalue weighted by atomic mass is 16.6. The van der Waals surface area contributed by atoms with Gasteiger partial charge in [0, 0.05) is 6.07 Å². The fourth-order valence-corrected chi connectivity index (χ4v) is 2.00. The van der Waals surface area contributed by atoms with Crippen molar-refractivity contribution in [1.29, 1.82) is 0 Å². The Morgan fingerprint density at radius 2 is 1.84 bits per heavy atom.